The van der Waals surface area contributed by atoms with Crippen molar-refractivity contribution < 1.29 is 22.6 Å². The van der Waals surface area contributed by atoms with Gasteiger partial charge in [0.1, 0.15) is 5.01 Å². The Hall–Kier alpha value is -1.47. The van der Waals surface area contributed by atoms with Gasteiger partial charge in [-0.15, -0.1) is 35.3 Å². The van der Waals surface area contributed by atoms with E-state index in [-0.39, 0.29) is 30.5 Å². The van der Waals surface area contributed by atoms with Gasteiger partial charge in [-0.2, -0.15) is 13.2 Å². The summed E-state index contributed by atoms with van der Waals surface area (Å²) in [6.07, 6.45) is -4.44. The summed E-state index contributed by atoms with van der Waals surface area (Å²) in [5, 5.41) is 7.70. The van der Waals surface area contributed by atoms with E-state index in [0.717, 1.165) is 22.3 Å². The zero-order valence-electron chi connectivity index (χ0n) is 15.9. The topological polar surface area (TPSA) is 67.8 Å². The summed E-state index contributed by atoms with van der Waals surface area (Å²) in [7, 11) is 3.08. The molecule has 0 aliphatic rings. The van der Waals surface area contributed by atoms with Crippen molar-refractivity contribution in [3.63, 3.8) is 0 Å². The smallest absolute Gasteiger partial charge is 0.434 e. The standard InChI is InChI=1S/C17H20ClF3N4O2S.HI/c1-4-27-15-11(18)5-10(6-12(15)26-3)7-23-16(22-2)24-8-14-25-13(9-28-14)17(19,20)21;/h5-6,9H,4,7-8H2,1-3H3,(H2,22,23,24);1H. The van der Waals surface area contributed by atoms with Gasteiger partial charge in [0.15, 0.2) is 23.2 Å². The van der Waals surface area contributed by atoms with Gasteiger partial charge in [-0.25, -0.2) is 4.98 Å². The number of benzene rings is 1. The van der Waals surface area contributed by atoms with Crippen LogP contribution in [-0.2, 0) is 19.3 Å². The molecule has 12 heteroatoms. The molecule has 1 aromatic carbocycles. The quantitative estimate of drug-likeness (QED) is 0.290. The summed E-state index contributed by atoms with van der Waals surface area (Å²) < 4.78 is 48.6. The maximum Gasteiger partial charge on any atom is 0.434 e. The third-order valence-electron chi connectivity index (χ3n) is 3.51. The summed E-state index contributed by atoms with van der Waals surface area (Å²) >= 11 is 7.18. The van der Waals surface area contributed by atoms with Crippen LogP contribution >= 0.6 is 46.9 Å². The molecule has 0 radical (unpaired) electrons. The number of guanidine groups is 1. The number of nitrogens with one attached hydrogen (secondary N) is 2. The second kappa shape index (κ2) is 11.6. The zero-order chi connectivity index (χ0) is 20.7. The number of thiazole rings is 1. The Balaban J connectivity index is 0.00000420. The van der Waals surface area contributed by atoms with Crippen LogP contribution in [0.15, 0.2) is 22.5 Å². The first-order valence-electron chi connectivity index (χ1n) is 8.23. The van der Waals surface area contributed by atoms with E-state index in [0.29, 0.717) is 40.6 Å². The fraction of sp³-hybridized carbons (Fsp3) is 0.412. The van der Waals surface area contributed by atoms with Gasteiger partial charge >= 0.3 is 6.18 Å². The molecule has 0 spiro atoms. The lowest BCUT2D eigenvalue weighted by Gasteiger charge is -2.15. The Morgan fingerprint density at radius 1 is 1.28 bits per heavy atom. The highest BCUT2D eigenvalue weighted by Crippen LogP contribution is 2.36. The molecule has 0 unspecified atom stereocenters. The average molecular weight is 565 g/mol. The van der Waals surface area contributed by atoms with Crippen LogP contribution in [0.2, 0.25) is 5.02 Å². The van der Waals surface area contributed by atoms with Crippen LogP contribution in [0.1, 0.15) is 23.2 Å². The van der Waals surface area contributed by atoms with E-state index in [1.54, 1.807) is 19.2 Å². The van der Waals surface area contributed by atoms with Crippen molar-refractivity contribution in [3.05, 3.63) is 38.8 Å². The predicted octanol–water partition coefficient (Wildman–Crippen LogP) is 4.71. The number of rotatable bonds is 7. The van der Waals surface area contributed by atoms with Crippen molar-refractivity contribution in [2.45, 2.75) is 26.2 Å². The van der Waals surface area contributed by atoms with Crippen LogP contribution in [0.3, 0.4) is 0 Å². The number of methoxy groups -OCH3 is 1. The van der Waals surface area contributed by atoms with E-state index >= 15 is 0 Å². The van der Waals surface area contributed by atoms with Gasteiger partial charge in [-0.1, -0.05) is 11.6 Å². The molecule has 2 aromatic rings. The van der Waals surface area contributed by atoms with E-state index in [1.807, 2.05) is 6.92 Å². The molecule has 2 N–H and O–H groups in total. The van der Waals surface area contributed by atoms with Gasteiger partial charge in [0.05, 0.1) is 25.3 Å². The number of ether oxygens (including phenoxy) is 2. The monoisotopic (exact) mass is 564 g/mol. The Labute approximate surface area is 192 Å². The molecule has 6 nitrogen and oxygen atoms in total. The lowest BCUT2D eigenvalue weighted by atomic mass is 10.2. The van der Waals surface area contributed by atoms with Crippen LogP contribution in [0.4, 0.5) is 13.2 Å². The highest BCUT2D eigenvalue weighted by molar-refractivity contribution is 14.0. The first-order valence-corrected chi connectivity index (χ1v) is 9.49. The van der Waals surface area contributed by atoms with Crippen molar-refractivity contribution in [1.29, 1.82) is 0 Å². The Morgan fingerprint density at radius 2 is 1.97 bits per heavy atom. The fourth-order valence-corrected chi connectivity index (χ4v) is 3.28. The maximum absolute atomic E-state index is 12.6. The van der Waals surface area contributed by atoms with Gasteiger partial charge in [0.2, 0.25) is 0 Å². The van der Waals surface area contributed by atoms with Crippen LogP contribution in [-0.4, -0.2) is 31.7 Å². The van der Waals surface area contributed by atoms with Crippen molar-refractivity contribution in [3.8, 4) is 11.5 Å². The number of hydrogen-bond acceptors (Lipinski definition) is 5. The maximum atomic E-state index is 12.6. The van der Waals surface area contributed by atoms with Crippen molar-refractivity contribution in [2.24, 2.45) is 4.99 Å². The van der Waals surface area contributed by atoms with Gasteiger partial charge < -0.3 is 20.1 Å². The molecule has 0 atom stereocenters. The van der Waals surface area contributed by atoms with Crippen LogP contribution < -0.4 is 20.1 Å². The molecule has 0 saturated carbocycles. The first kappa shape index (κ1) is 25.6. The van der Waals surface area contributed by atoms with E-state index in [2.05, 4.69) is 20.6 Å². The normalized spacial score (nSPS) is 11.6. The Bertz CT molecular complexity index is 833. The largest absolute Gasteiger partial charge is 0.493 e. The highest BCUT2D eigenvalue weighted by Gasteiger charge is 2.33. The number of halogens is 5. The number of alkyl halides is 3. The SMILES string of the molecule is CCOc1c(Cl)cc(CNC(=NC)NCc2nc(C(F)(F)F)cs2)cc1OC.I. The van der Waals surface area contributed by atoms with Crippen molar-refractivity contribution in [2.75, 3.05) is 20.8 Å². The molecule has 0 aliphatic heterocycles. The average Bonchev–Trinajstić information content (AvgIpc) is 3.13. The minimum atomic E-state index is -4.44. The Morgan fingerprint density at radius 3 is 2.52 bits per heavy atom. The van der Waals surface area contributed by atoms with Crippen molar-refractivity contribution >= 4 is 52.9 Å². The molecule has 1 heterocycles. The molecular formula is C17H21ClF3IN4O2S. The Kier molecular flexibility index (Phi) is 10.3. The van der Waals surface area contributed by atoms with Crippen LogP contribution in [0.25, 0.3) is 0 Å². The van der Waals surface area contributed by atoms with Crippen LogP contribution in [0, 0.1) is 0 Å². The second-order valence-corrected chi connectivity index (χ2v) is 6.80. The lowest BCUT2D eigenvalue weighted by Crippen LogP contribution is -2.36. The third kappa shape index (κ3) is 7.37. The van der Waals surface area contributed by atoms with Gasteiger partial charge in [-0.05, 0) is 24.6 Å². The van der Waals surface area contributed by atoms with E-state index in [9.17, 15) is 13.2 Å². The third-order valence-corrected chi connectivity index (χ3v) is 4.64. The fourth-order valence-electron chi connectivity index (χ4n) is 2.25. The second-order valence-electron chi connectivity index (χ2n) is 5.45. The van der Waals surface area contributed by atoms with Crippen molar-refractivity contribution in [1.82, 2.24) is 15.6 Å². The number of hydrogen-bond donors (Lipinski definition) is 2. The molecule has 0 saturated heterocycles. The molecule has 0 bridgehead atoms. The minimum absolute atomic E-state index is 0. The molecule has 1 aromatic heterocycles. The van der Waals surface area contributed by atoms with E-state index in [1.165, 1.54) is 7.11 Å². The molecule has 0 amide bonds. The summed E-state index contributed by atoms with van der Waals surface area (Å²) in [5.41, 5.74) is -0.0739. The number of nitrogens with zero attached hydrogens (tertiary/aromatic N) is 2. The number of aromatic nitrogens is 1. The van der Waals surface area contributed by atoms with E-state index in [4.69, 9.17) is 21.1 Å². The molecule has 0 aliphatic carbocycles. The summed E-state index contributed by atoms with van der Waals surface area (Å²) in [6, 6.07) is 3.53. The van der Waals surface area contributed by atoms with Gasteiger partial charge in [0, 0.05) is 19.0 Å². The highest BCUT2D eigenvalue weighted by atomic mass is 127. The predicted molar refractivity (Wildman–Crippen MR) is 119 cm³/mol. The molecule has 162 valence electrons. The zero-order valence-corrected chi connectivity index (χ0v) is 19.8. The molecule has 2 rings (SSSR count). The lowest BCUT2D eigenvalue weighted by molar-refractivity contribution is -0.140. The number of aliphatic imine (C=N–C) groups is 1. The molecule has 29 heavy (non-hydrogen) atoms. The molecular weight excluding hydrogens is 544 g/mol. The summed E-state index contributed by atoms with van der Waals surface area (Å²) in [5.74, 6) is 1.39. The van der Waals surface area contributed by atoms with Crippen LogP contribution in [0.5, 0.6) is 11.5 Å². The summed E-state index contributed by atoms with van der Waals surface area (Å²) in [6.45, 7) is 2.79. The minimum Gasteiger partial charge on any atom is -0.493 e. The first-order chi connectivity index (χ1) is 13.3. The molecule has 0 fully saturated rings. The van der Waals surface area contributed by atoms with Gasteiger partial charge in [-0.3, -0.25) is 4.99 Å². The van der Waals surface area contributed by atoms with E-state index < -0.39 is 11.9 Å². The summed E-state index contributed by atoms with van der Waals surface area (Å²) in [4.78, 5) is 7.61. The van der Waals surface area contributed by atoms with Gasteiger partial charge in [0.25, 0.3) is 0 Å².